The molecule has 1 amide bonds. The molecule has 1 aromatic heterocycles. The van der Waals surface area contributed by atoms with Crippen LogP contribution >= 0.6 is 0 Å². The molecule has 2 heterocycles. The molecule has 0 radical (unpaired) electrons. The maximum absolute atomic E-state index is 13.8. The molecule has 1 N–H and O–H groups in total. The number of piperidine rings is 1. The van der Waals surface area contributed by atoms with Crippen LogP contribution in [-0.4, -0.2) is 39.5 Å². The summed E-state index contributed by atoms with van der Waals surface area (Å²) in [5.74, 6) is -2.37. The highest BCUT2D eigenvalue weighted by Crippen LogP contribution is 2.30. The minimum absolute atomic E-state index is 0.0922. The monoisotopic (exact) mass is 494 g/mol. The average molecular weight is 495 g/mol. The van der Waals surface area contributed by atoms with E-state index in [2.05, 4.69) is 15.2 Å². The molecule has 5 nitrogen and oxygen atoms in total. The van der Waals surface area contributed by atoms with Gasteiger partial charge in [0.1, 0.15) is 6.04 Å². The van der Waals surface area contributed by atoms with Crippen LogP contribution in [0.4, 0.5) is 22.0 Å². The van der Waals surface area contributed by atoms with Crippen molar-refractivity contribution in [2.75, 3.05) is 13.1 Å². The summed E-state index contributed by atoms with van der Waals surface area (Å²) in [4.78, 5) is 19.4. The molecule has 4 rings (SSSR count). The standard InChI is InChI=1S/C25H27F5N4O/c1-15(2)23(34-14-31-21-11-19(26)20(27)12-22(21)34)24(35)32-18-6-8-33(9-7-18)13-16-4-3-5-17(10-16)25(28,29)30/h3-5,10-12,14-15,18,23H,6-9,13H2,1-2H3,(H,32,35). The van der Waals surface area contributed by atoms with Gasteiger partial charge in [0, 0.05) is 37.8 Å². The molecule has 10 heteroatoms. The summed E-state index contributed by atoms with van der Waals surface area (Å²) >= 11 is 0. The van der Waals surface area contributed by atoms with Crippen LogP contribution in [0.2, 0.25) is 0 Å². The summed E-state index contributed by atoms with van der Waals surface area (Å²) in [6, 6.07) is 6.63. The topological polar surface area (TPSA) is 50.2 Å². The van der Waals surface area contributed by atoms with E-state index in [0.29, 0.717) is 43.6 Å². The number of amides is 1. The van der Waals surface area contributed by atoms with Crippen molar-refractivity contribution in [2.45, 2.75) is 51.5 Å². The molecule has 188 valence electrons. The minimum Gasteiger partial charge on any atom is -0.351 e. The summed E-state index contributed by atoms with van der Waals surface area (Å²) < 4.78 is 67.9. The first kappa shape index (κ1) is 25.1. The van der Waals surface area contributed by atoms with Crippen molar-refractivity contribution in [3.8, 4) is 0 Å². The van der Waals surface area contributed by atoms with E-state index in [4.69, 9.17) is 0 Å². The number of benzene rings is 2. The molecule has 1 aliphatic rings. The van der Waals surface area contributed by atoms with Gasteiger partial charge in [-0.05, 0) is 30.4 Å². The van der Waals surface area contributed by atoms with E-state index < -0.39 is 29.4 Å². The van der Waals surface area contributed by atoms with Crippen LogP contribution in [0.25, 0.3) is 11.0 Å². The molecule has 1 fully saturated rings. The number of carbonyl (C=O) groups excluding carboxylic acids is 1. The Morgan fingerprint density at radius 1 is 1.11 bits per heavy atom. The fourth-order valence-electron chi connectivity index (χ4n) is 4.62. The lowest BCUT2D eigenvalue weighted by atomic mass is 9.99. The van der Waals surface area contributed by atoms with Crippen LogP contribution in [0.3, 0.4) is 0 Å². The third-order valence-corrected chi connectivity index (χ3v) is 6.41. The Hall–Kier alpha value is -3.01. The van der Waals surface area contributed by atoms with E-state index in [1.807, 2.05) is 13.8 Å². The van der Waals surface area contributed by atoms with Gasteiger partial charge in [-0.3, -0.25) is 9.69 Å². The van der Waals surface area contributed by atoms with Crippen LogP contribution in [0.15, 0.2) is 42.7 Å². The van der Waals surface area contributed by atoms with E-state index in [1.165, 1.54) is 18.5 Å². The highest BCUT2D eigenvalue weighted by molar-refractivity contribution is 5.84. The molecule has 0 saturated carbocycles. The molecular formula is C25H27F5N4O. The highest BCUT2D eigenvalue weighted by Gasteiger charge is 2.31. The van der Waals surface area contributed by atoms with Gasteiger partial charge in [-0.15, -0.1) is 0 Å². The maximum atomic E-state index is 13.8. The molecule has 35 heavy (non-hydrogen) atoms. The van der Waals surface area contributed by atoms with Gasteiger partial charge in [0.05, 0.1) is 22.9 Å². The highest BCUT2D eigenvalue weighted by atomic mass is 19.4. The Morgan fingerprint density at radius 3 is 2.46 bits per heavy atom. The molecule has 2 aromatic carbocycles. The van der Waals surface area contributed by atoms with Crippen molar-refractivity contribution in [3.05, 3.63) is 65.5 Å². The number of aromatic nitrogens is 2. The second-order valence-electron chi connectivity index (χ2n) is 9.35. The van der Waals surface area contributed by atoms with Crippen LogP contribution in [0.1, 0.15) is 43.9 Å². The Morgan fingerprint density at radius 2 is 1.80 bits per heavy atom. The molecule has 1 saturated heterocycles. The first-order valence-corrected chi connectivity index (χ1v) is 11.5. The second-order valence-corrected chi connectivity index (χ2v) is 9.35. The quantitative estimate of drug-likeness (QED) is 0.473. The molecule has 1 aliphatic heterocycles. The Kier molecular flexibility index (Phi) is 7.12. The minimum atomic E-state index is -4.37. The van der Waals surface area contributed by atoms with Crippen molar-refractivity contribution >= 4 is 16.9 Å². The fraction of sp³-hybridized carbons (Fsp3) is 0.440. The summed E-state index contributed by atoms with van der Waals surface area (Å²) in [7, 11) is 0. The first-order valence-electron chi connectivity index (χ1n) is 11.5. The zero-order chi connectivity index (χ0) is 25.3. The van der Waals surface area contributed by atoms with Crippen LogP contribution in [0, 0.1) is 17.6 Å². The van der Waals surface area contributed by atoms with Gasteiger partial charge < -0.3 is 9.88 Å². The van der Waals surface area contributed by atoms with Gasteiger partial charge in [-0.2, -0.15) is 13.2 Å². The average Bonchev–Trinajstić information content (AvgIpc) is 3.17. The number of hydrogen-bond acceptors (Lipinski definition) is 3. The molecule has 1 unspecified atom stereocenters. The zero-order valence-electron chi connectivity index (χ0n) is 19.4. The molecule has 3 aromatic rings. The van der Waals surface area contributed by atoms with Gasteiger partial charge in [-0.25, -0.2) is 13.8 Å². The Bertz CT molecular complexity index is 1200. The zero-order valence-corrected chi connectivity index (χ0v) is 19.4. The molecule has 0 aliphatic carbocycles. The number of hydrogen-bond donors (Lipinski definition) is 1. The number of nitrogens with one attached hydrogen (secondary N) is 1. The van der Waals surface area contributed by atoms with Crippen LogP contribution in [0.5, 0.6) is 0 Å². The Labute approximate surface area is 199 Å². The van der Waals surface area contributed by atoms with E-state index in [-0.39, 0.29) is 23.4 Å². The number of fused-ring (bicyclic) bond motifs is 1. The second kappa shape index (κ2) is 9.93. The summed E-state index contributed by atoms with van der Waals surface area (Å²) in [5, 5.41) is 3.06. The number of likely N-dealkylation sites (tertiary alicyclic amines) is 1. The largest absolute Gasteiger partial charge is 0.416 e. The van der Waals surface area contributed by atoms with Gasteiger partial charge in [0.25, 0.3) is 0 Å². The van der Waals surface area contributed by atoms with Crippen molar-refractivity contribution in [3.63, 3.8) is 0 Å². The Balaban J connectivity index is 1.39. The van der Waals surface area contributed by atoms with Gasteiger partial charge >= 0.3 is 6.18 Å². The first-order chi connectivity index (χ1) is 16.5. The lowest BCUT2D eigenvalue weighted by Crippen LogP contribution is -2.47. The summed E-state index contributed by atoms with van der Waals surface area (Å²) in [6.45, 7) is 5.40. The number of imidazole rings is 1. The summed E-state index contributed by atoms with van der Waals surface area (Å²) in [5.41, 5.74) is 0.545. The number of carbonyl (C=O) groups is 1. The van der Waals surface area contributed by atoms with Gasteiger partial charge in [0.2, 0.25) is 5.91 Å². The summed E-state index contributed by atoms with van der Waals surface area (Å²) in [6.07, 6.45) is -1.65. The molecular weight excluding hydrogens is 467 g/mol. The van der Waals surface area contributed by atoms with E-state index in [9.17, 15) is 26.7 Å². The van der Waals surface area contributed by atoms with E-state index in [0.717, 1.165) is 18.2 Å². The lowest BCUT2D eigenvalue weighted by Gasteiger charge is -2.34. The van der Waals surface area contributed by atoms with Crippen LogP contribution < -0.4 is 5.32 Å². The third kappa shape index (κ3) is 5.63. The van der Waals surface area contributed by atoms with Crippen molar-refractivity contribution < 1.29 is 26.7 Å². The van der Waals surface area contributed by atoms with E-state index in [1.54, 1.807) is 10.6 Å². The van der Waals surface area contributed by atoms with E-state index >= 15 is 0 Å². The number of nitrogens with zero attached hydrogens (tertiary/aromatic N) is 3. The van der Waals surface area contributed by atoms with Gasteiger partial charge in [-0.1, -0.05) is 32.0 Å². The molecule has 0 bridgehead atoms. The number of halogens is 5. The third-order valence-electron chi connectivity index (χ3n) is 6.41. The predicted molar refractivity (Wildman–Crippen MR) is 121 cm³/mol. The van der Waals surface area contributed by atoms with Crippen molar-refractivity contribution in [2.24, 2.45) is 5.92 Å². The predicted octanol–water partition coefficient (Wildman–Crippen LogP) is 5.31. The SMILES string of the molecule is CC(C)C(C(=O)NC1CCN(Cc2cccc(C(F)(F)F)c2)CC1)n1cnc2cc(F)c(F)cc21. The normalized spacial score (nSPS) is 16.7. The number of rotatable bonds is 6. The van der Waals surface area contributed by atoms with Crippen molar-refractivity contribution in [1.29, 1.82) is 0 Å². The molecule has 1 atom stereocenters. The van der Waals surface area contributed by atoms with Gasteiger partial charge in [0.15, 0.2) is 11.6 Å². The van der Waals surface area contributed by atoms with Crippen LogP contribution in [-0.2, 0) is 17.5 Å². The number of alkyl halides is 3. The maximum Gasteiger partial charge on any atom is 0.416 e. The smallest absolute Gasteiger partial charge is 0.351 e. The van der Waals surface area contributed by atoms with Crippen molar-refractivity contribution in [1.82, 2.24) is 19.8 Å². The molecule has 0 spiro atoms. The fourth-order valence-corrected chi connectivity index (χ4v) is 4.62. The lowest BCUT2D eigenvalue weighted by molar-refractivity contribution is -0.137.